The average Bonchev–Trinajstić information content (AvgIpc) is 2.62. The second kappa shape index (κ2) is 9.44. The van der Waals surface area contributed by atoms with Gasteiger partial charge in [-0.15, -0.1) is 0 Å². The van der Waals surface area contributed by atoms with Crippen molar-refractivity contribution < 1.29 is 19.1 Å². The van der Waals surface area contributed by atoms with E-state index in [1.807, 2.05) is 26.8 Å². The summed E-state index contributed by atoms with van der Waals surface area (Å²) in [4.78, 5) is 26.1. The van der Waals surface area contributed by atoms with Crippen LogP contribution in [0.3, 0.4) is 0 Å². The molecule has 1 amide bonds. The van der Waals surface area contributed by atoms with Crippen LogP contribution in [0.5, 0.6) is 0 Å². The zero-order chi connectivity index (χ0) is 20.1. The van der Waals surface area contributed by atoms with Crippen LogP contribution in [0.1, 0.15) is 55.5 Å². The van der Waals surface area contributed by atoms with E-state index in [4.69, 9.17) is 9.47 Å². The zero-order valence-corrected chi connectivity index (χ0v) is 18.3. The maximum Gasteiger partial charge on any atom is 0.407 e. The summed E-state index contributed by atoms with van der Waals surface area (Å²) in [5.74, 6) is -0.333. The third-order valence-electron chi connectivity index (χ3n) is 5.04. The second-order valence-electron chi connectivity index (χ2n) is 7.30. The Morgan fingerprint density at radius 1 is 1.22 bits per heavy atom. The normalized spacial score (nSPS) is 19.5. The molecule has 1 saturated carbocycles. The van der Waals surface area contributed by atoms with Crippen molar-refractivity contribution in [2.45, 2.75) is 64.6 Å². The van der Waals surface area contributed by atoms with Gasteiger partial charge in [-0.2, -0.15) is 0 Å². The number of methoxy groups -OCH3 is 1. The highest BCUT2D eigenvalue weighted by molar-refractivity contribution is 9.10. The highest BCUT2D eigenvalue weighted by atomic mass is 79.9. The molecule has 6 nitrogen and oxygen atoms in total. The predicted molar refractivity (Wildman–Crippen MR) is 109 cm³/mol. The van der Waals surface area contributed by atoms with E-state index in [1.54, 1.807) is 6.07 Å². The van der Waals surface area contributed by atoms with Crippen molar-refractivity contribution >= 4 is 33.7 Å². The Hall–Kier alpha value is -1.76. The third kappa shape index (κ3) is 5.61. The van der Waals surface area contributed by atoms with Crippen molar-refractivity contribution in [2.24, 2.45) is 0 Å². The first-order chi connectivity index (χ1) is 12.7. The fraction of sp³-hybridized carbons (Fsp3) is 0.600. The summed E-state index contributed by atoms with van der Waals surface area (Å²) in [6.07, 6.45) is 3.27. The molecular weight excluding hydrogens is 412 g/mol. The Bertz CT molecular complexity index is 685. The van der Waals surface area contributed by atoms with Gasteiger partial charge in [-0.3, -0.25) is 0 Å². The first kappa shape index (κ1) is 21.5. The number of hydrogen-bond acceptors (Lipinski definition) is 5. The van der Waals surface area contributed by atoms with Gasteiger partial charge >= 0.3 is 12.1 Å². The molecule has 1 aliphatic carbocycles. The lowest BCUT2D eigenvalue weighted by atomic mass is 9.89. The molecule has 1 aromatic rings. The van der Waals surface area contributed by atoms with Crippen LogP contribution in [0.15, 0.2) is 16.6 Å². The fourth-order valence-corrected chi connectivity index (χ4v) is 4.02. The quantitative estimate of drug-likeness (QED) is 0.685. The minimum Gasteiger partial charge on any atom is -0.465 e. The summed E-state index contributed by atoms with van der Waals surface area (Å²) < 4.78 is 10.9. The van der Waals surface area contributed by atoms with Crippen molar-refractivity contribution in [3.8, 4) is 0 Å². The Kier molecular flexibility index (Phi) is 7.53. The number of amides is 1. The molecule has 0 atom stereocenters. The van der Waals surface area contributed by atoms with Crippen LogP contribution in [0, 0.1) is 6.92 Å². The molecular formula is C20H29BrN2O4. The van der Waals surface area contributed by atoms with E-state index in [-0.39, 0.29) is 24.2 Å². The van der Waals surface area contributed by atoms with Crippen molar-refractivity contribution in [3.05, 3.63) is 27.7 Å². The van der Waals surface area contributed by atoms with E-state index in [1.165, 1.54) is 7.11 Å². The molecule has 0 saturated heterocycles. The van der Waals surface area contributed by atoms with Crippen LogP contribution in [0.25, 0.3) is 0 Å². The van der Waals surface area contributed by atoms with Crippen molar-refractivity contribution in [3.63, 3.8) is 0 Å². The zero-order valence-electron chi connectivity index (χ0n) is 16.7. The summed E-state index contributed by atoms with van der Waals surface area (Å²) in [6, 6.07) is 4.32. The number of anilines is 1. The molecule has 0 aromatic heterocycles. The van der Waals surface area contributed by atoms with Gasteiger partial charge in [-0.1, -0.05) is 15.9 Å². The SMILES string of the molecule is COC(=O)c1cc(Br)cc(N(C)[C@H]2CC[C@H](NC(=O)OC(C)C)CC2)c1C. The molecule has 1 N–H and O–H groups in total. The Morgan fingerprint density at radius 2 is 1.85 bits per heavy atom. The van der Waals surface area contributed by atoms with E-state index < -0.39 is 0 Å². The number of esters is 1. The van der Waals surface area contributed by atoms with Crippen LogP contribution in [-0.2, 0) is 9.47 Å². The maximum atomic E-state index is 12.0. The van der Waals surface area contributed by atoms with E-state index in [0.717, 1.165) is 41.4 Å². The van der Waals surface area contributed by atoms with Gasteiger partial charge in [0.2, 0.25) is 0 Å². The van der Waals surface area contributed by atoms with Gasteiger partial charge in [-0.05, 0) is 64.2 Å². The first-order valence-corrected chi connectivity index (χ1v) is 10.1. The topological polar surface area (TPSA) is 67.9 Å². The molecule has 0 bridgehead atoms. The van der Waals surface area contributed by atoms with E-state index in [9.17, 15) is 9.59 Å². The number of carbonyl (C=O) groups excluding carboxylic acids is 2. The number of alkyl carbamates (subject to hydrolysis) is 1. The van der Waals surface area contributed by atoms with Crippen molar-refractivity contribution in [1.82, 2.24) is 5.32 Å². The lowest BCUT2D eigenvalue weighted by molar-refractivity contribution is 0.0599. The number of benzene rings is 1. The lowest BCUT2D eigenvalue weighted by Crippen LogP contribution is -2.43. The monoisotopic (exact) mass is 440 g/mol. The predicted octanol–water partition coefficient (Wildman–Crippen LogP) is 4.43. The minimum atomic E-state index is -0.340. The average molecular weight is 441 g/mol. The second-order valence-corrected chi connectivity index (χ2v) is 8.22. The highest BCUT2D eigenvalue weighted by Gasteiger charge is 2.27. The summed E-state index contributed by atoms with van der Waals surface area (Å²) in [7, 11) is 3.45. The Labute approximate surface area is 169 Å². The van der Waals surface area contributed by atoms with Crippen LogP contribution < -0.4 is 10.2 Å². The number of nitrogens with one attached hydrogen (secondary N) is 1. The maximum absolute atomic E-state index is 12.0. The van der Waals surface area contributed by atoms with Gasteiger partial charge in [0.25, 0.3) is 0 Å². The van der Waals surface area contributed by atoms with Crippen LogP contribution >= 0.6 is 15.9 Å². The molecule has 0 spiro atoms. The largest absolute Gasteiger partial charge is 0.465 e. The van der Waals surface area contributed by atoms with E-state index in [2.05, 4.69) is 33.2 Å². The molecule has 1 aromatic carbocycles. The number of rotatable bonds is 5. The number of carbonyl (C=O) groups is 2. The standard InChI is InChI=1S/C20H29BrN2O4/c1-12(2)27-20(25)22-15-6-8-16(9-7-15)23(4)18-11-14(21)10-17(13(18)3)19(24)26-5/h10-12,15-16H,6-9H2,1-5H3,(H,22,25)/t15-,16-. The minimum absolute atomic E-state index is 0.115. The smallest absolute Gasteiger partial charge is 0.407 e. The number of hydrogen-bond donors (Lipinski definition) is 1. The molecule has 150 valence electrons. The molecule has 1 fully saturated rings. The summed E-state index contributed by atoms with van der Waals surface area (Å²) in [6.45, 7) is 5.63. The molecule has 2 rings (SSSR count). The molecule has 27 heavy (non-hydrogen) atoms. The molecule has 7 heteroatoms. The molecule has 0 radical (unpaired) electrons. The number of halogens is 1. The number of nitrogens with zero attached hydrogens (tertiary/aromatic N) is 1. The highest BCUT2D eigenvalue weighted by Crippen LogP contribution is 2.32. The molecule has 1 aliphatic rings. The molecule has 0 heterocycles. The van der Waals surface area contributed by atoms with Gasteiger partial charge in [0.05, 0.1) is 18.8 Å². The number of ether oxygens (including phenoxy) is 2. The Balaban J connectivity index is 2.04. The van der Waals surface area contributed by atoms with Crippen LogP contribution in [0.4, 0.5) is 10.5 Å². The summed E-state index contributed by atoms with van der Waals surface area (Å²) in [5, 5.41) is 2.95. The summed E-state index contributed by atoms with van der Waals surface area (Å²) >= 11 is 3.50. The fourth-order valence-electron chi connectivity index (χ4n) is 3.57. The van der Waals surface area contributed by atoms with Crippen LogP contribution in [-0.4, -0.2) is 44.4 Å². The molecule has 0 unspecified atom stereocenters. The summed E-state index contributed by atoms with van der Waals surface area (Å²) in [5.41, 5.74) is 2.49. The van der Waals surface area contributed by atoms with Gasteiger partial charge < -0.3 is 19.7 Å². The first-order valence-electron chi connectivity index (χ1n) is 9.31. The van der Waals surface area contributed by atoms with Crippen LogP contribution in [0.2, 0.25) is 0 Å². The van der Waals surface area contributed by atoms with Crippen molar-refractivity contribution in [1.29, 1.82) is 0 Å². The van der Waals surface area contributed by atoms with Gasteiger partial charge in [0, 0.05) is 29.3 Å². The lowest BCUT2D eigenvalue weighted by Gasteiger charge is -2.37. The molecule has 0 aliphatic heterocycles. The van der Waals surface area contributed by atoms with E-state index >= 15 is 0 Å². The van der Waals surface area contributed by atoms with Gasteiger partial charge in [0.15, 0.2) is 0 Å². The third-order valence-corrected chi connectivity index (χ3v) is 5.50. The van der Waals surface area contributed by atoms with E-state index in [0.29, 0.717) is 11.6 Å². The Morgan fingerprint density at radius 3 is 2.41 bits per heavy atom. The van der Waals surface area contributed by atoms with Gasteiger partial charge in [0.1, 0.15) is 0 Å². The van der Waals surface area contributed by atoms with Crippen molar-refractivity contribution in [2.75, 3.05) is 19.1 Å². The van der Waals surface area contributed by atoms with Gasteiger partial charge in [-0.25, -0.2) is 9.59 Å².